The maximum Gasteiger partial charge on any atom is 0.430 e. The Bertz CT molecular complexity index is 1500. The number of nitrogens with one attached hydrogen (secondary N) is 1. The van der Waals surface area contributed by atoms with E-state index in [1.54, 1.807) is 45.0 Å². The van der Waals surface area contributed by atoms with Crippen LogP contribution in [0.25, 0.3) is 17.1 Å². The van der Waals surface area contributed by atoms with Gasteiger partial charge < -0.3 is 19.7 Å². The number of carboxylic acids is 1. The Kier molecular flexibility index (Phi) is 7.14. The number of fused-ring (bicyclic) bond motifs is 1. The molecule has 1 fully saturated rings. The number of ether oxygens (including phenoxy) is 1. The Hall–Kier alpha value is -4.02. The summed E-state index contributed by atoms with van der Waals surface area (Å²) in [6, 6.07) is 10.7. The van der Waals surface area contributed by atoms with Crippen molar-refractivity contribution in [3.8, 4) is 0 Å². The molecule has 10 nitrogen and oxygen atoms in total. The summed E-state index contributed by atoms with van der Waals surface area (Å²) in [4.78, 5) is 50.2. The molecule has 3 amide bonds. The summed E-state index contributed by atoms with van der Waals surface area (Å²) >= 11 is 12.5. The second kappa shape index (κ2) is 10.0. The summed E-state index contributed by atoms with van der Waals surface area (Å²) in [5.74, 6) is -2.08. The van der Waals surface area contributed by atoms with Gasteiger partial charge in [-0.15, -0.1) is 0 Å². The third-order valence-corrected chi connectivity index (χ3v) is 5.97. The van der Waals surface area contributed by atoms with Crippen LogP contribution in [-0.2, 0) is 14.3 Å². The molecule has 2 N–H and O–H groups in total. The standard InChI is InChI=1S/C26H24Cl2N4O6/c1-14(33)29-17-5-7-18(8-6-17)32-23(34)15(13-31(32)25(37)38-26(2,3)4)12-30-21-10-16(27)9-20(28)19(21)11-22(30)24(35)36/h5-12H,13H2,1-4H3,(H,29,33)(H,35,36). The van der Waals surface area contributed by atoms with Crippen molar-refractivity contribution in [3.63, 3.8) is 0 Å². The molecule has 2 aromatic carbocycles. The first-order valence-electron chi connectivity index (χ1n) is 11.4. The average Bonchev–Trinajstić information content (AvgIpc) is 3.32. The molecule has 1 aliphatic heterocycles. The summed E-state index contributed by atoms with van der Waals surface area (Å²) in [6.07, 6.45) is 0.575. The van der Waals surface area contributed by atoms with Gasteiger partial charge in [-0.1, -0.05) is 23.2 Å². The van der Waals surface area contributed by atoms with E-state index in [-0.39, 0.29) is 33.8 Å². The maximum atomic E-state index is 13.7. The van der Waals surface area contributed by atoms with Crippen LogP contribution in [0.4, 0.5) is 16.2 Å². The molecule has 1 aliphatic rings. The fourth-order valence-electron chi connectivity index (χ4n) is 3.96. The van der Waals surface area contributed by atoms with Gasteiger partial charge in [-0.05, 0) is 63.2 Å². The second-order valence-corrected chi connectivity index (χ2v) is 10.4. The molecule has 1 saturated heterocycles. The SMILES string of the molecule is CC(=O)Nc1ccc(N2C(=O)C(=Cn3c(C(=O)O)cc4c(Cl)cc(Cl)cc43)CN2C(=O)OC(C)(C)C)cc1. The van der Waals surface area contributed by atoms with E-state index in [2.05, 4.69) is 5.32 Å². The van der Waals surface area contributed by atoms with Gasteiger partial charge in [0.15, 0.2) is 0 Å². The molecule has 0 unspecified atom stereocenters. The van der Waals surface area contributed by atoms with Gasteiger partial charge in [0, 0.05) is 29.2 Å². The maximum absolute atomic E-state index is 13.7. The quantitative estimate of drug-likeness (QED) is 0.399. The van der Waals surface area contributed by atoms with Crippen LogP contribution in [0.5, 0.6) is 0 Å². The number of rotatable bonds is 4. The number of hydrazine groups is 1. The lowest BCUT2D eigenvalue weighted by Crippen LogP contribution is -2.45. The highest BCUT2D eigenvalue weighted by Crippen LogP contribution is 2.33. The number of hydrogen-bond donors (Lipinski definition) is 2. The number of benzene rings is 2. The van der Waals surface area contributed by atoms with Crippen LogP contribution in [0.2, 0.25) is 10.0 Å². The van der Waals surface area contributed by atoms with Gasteiger partial charge in [-0.25, -0.2) is 19.6 Å². The van der Waals surface area contributed by atoms with Gasteiger partial charge in [0.05, 0.1) is 28.3 Å². The number of hydrogen-bond acceptors (Lipinski definition) is 5. The van der Waals surface area contributed by atoms with Crippen LogP contribution in [0.1, 0.15) is 38.2 Å². The number of carbonyl (C=O) groups excluding carboxylic acids is 3. The summed E-state index contributed by atoms with van der Waals surface area (Å²) < 4.78 is 6.82. The lowest BCUT2D eigenvalue weighted by atomic mass is 10.2. The molecule has 4 rings (SSSR count). The van der Waals surface area contributed by atoms with Crippen LogP contribution in [0.15, 0.2) is 48.0 Å². The lowest BCUT2D eigenvalue weighted by molar-refractivity contribution is -0.115. The Morgan fingerprint density at radius 1 is 1.08 bits per heavy atom. The monoisotopic (exact) mass is 558 g/mol. The summed E-state index contributed by atoms with van der Waals surface area (Å²) in [5, 5.41) is 15.7. The van der Waals surface area contributed by atoms with Crippen molar-refractivity contribution in [3.05, 3.63) is 63.8 Å². The first kappa shape index (κ1) is 27.0. The van der Waals surface area contributed by atoms with Crippen molar-refractivity contribution < 1.29 is 29.0 Å². The van der Waals surface area contributed by atoms with Crippen molar-refractivity contribution in [2.24, 2.45) is 0 Å². The smallest absolute Gasteiger partial charge is 0.430 e. The molecule has 12 heteroatoms. The number of halogens is 2. The average molecular weight is 559 g/mol. The molecule has 38 heavy (non-hydrogen) atoms. The Morgan fingerprint density at radius 3 is 2.32 bits per heavy atom. The first-order chi connectivity index (χ1) is 17.7. The van der Waals surface area contributed by atoms with Crippen LogP contribution in [0.3, 0.4) is 0 Å². The third kappa shape index (κ3) is 5.46. The predicted octanol–water partition coefficient (Wildman–Crippen LogP) is 5.64. The van der Waals surface area contributed by atoms with Gasteiger partial charge in [0.1, 0.15) is 11.3 Å². The third-order valence-electron chi connectivity index (χ3n) is 5.44. The highest BCUT2D eigenvalue weighted by Gasteiger charge is 2.40. The molecule has 0 radical (unpaired) electrons. The van der Waals surface area contributed by atoms with E-state index in [0.29, 0.717) is 22.3 Å². The Morgan fingerprint density at radius 2 is 1.74 bits per heavy atom. The first-order valence-corrected chi connectivity index (χ1v) is 12.2. The van der Waals surface area contributed by atoms with Crippen LogP contribution < -0.4 is 10.3 Å². The van der Waals surface area contributed by atoms with E-state index in [9.17, 15) is 24.3 Å². The minimum Gasteiger partial charge on any atom is -0.477 e. The predicted molar refractivity (Wildman–Crippen MR) is 144 cm³/mol. The normalized spacial score (nSPS) is 14.9. The largest absolute Gasteiger partial charge is 0.477 e. The van der Waals surface area contributed by atoms with Crippen LogP contribution in [-0.4, -0.2) is 50.7 Å². The molecule has 0 aliphatic carbocycles. The van der Waals surface area contributed by atoms with E-state index in [1.807, 2.05) is 0 Å². The zero-order valence-electron chi connectivity index (χ0n) is 20.9. The van der Waals surface area contributed by atoms with Crippen LogP contribution in [0, 0.1) is 0 Å². The van der Waals surface area contributed by atoms with Gasteiger partial charge in [-0.2, -0.15) is 0 Å². The van der Waals surface area contributed by atoms with Gasteiger partial charge in [0.2, 0.25) is 5.91 Å². The van der Waals surface area contributed by atoms with Gasteiger partial charge >= 0.3 is 12.1 Å². The zero-order valence-corrected chi connectivity index (χ0v) is 22.4. The molecule has 198 valence electrons. The number of aromatic nitrogens is 1. The van der Waals surface area contributed by atoms with E-state index in [4.69, 9.17) is 27.9 Å². The molecule has 2 heterocycles. The van der Waals surface area contributed by atoms with E-state index in [0.717, 1.165) is 10.0 Å². The topological polar surface area (TPSA) is 121 Å². The molecule has 1 aromatic heterocycles. The number of anilines is 2. The molecular weight excluding hydrogens is 535 g/mol. The fourth-order valence-corrected chi connectivity index (χ4v) is 4.49. The number of carboxylic acid groups (broad SMARTS) is 1. The summed E-state index contributed by atoms with van der Waals surface area (Å²) in [7, 11) is 0. The zero-order chi connectivity index (χ0) is 27.9. The van der Waals surface area contributed by atoms with Crippen LogP contribution >= 0.6 is 23.2 Å². The van der Waals surface area contributed by atoms with Gasteiger partial charge in [0.25, 0.3) is 5.91 Å². The van der Waals surface area contributed by atoms with E-state index >= 15 is 0 Å². The molecule has 0 bridgehead atoms. The minimum atomic E-state index is -1.25. The molecule has 0 atom stereocenters. The van der Waals surface area contributed by atoms with Crippen molar-refractivity contribution in [1.82, 2.24) is 9.58 Å². The molecular formula is C26H24Cl2N4O6. The highest BCUT2D eigenvalue weighted by atomic mass is 35.5. The van der Waals surface area contributed by atoms with Crippen molar-refractivity contribution in [1.29, 1.82) is 0 Å². The molecule has 0 saturated carbocycles. The summed E-state index contributed by atoms with van der Waals surface area (Å²) in [5.41, 5.74) is 0.339. The summed E-state index contributed by atoms with van der Waals surface area (Å²) in [6.45, 7) is 6.27. The number of nitrogens with zero attached hydrogens (tertiary/aromatic N) is 3. The van der Waals surface area contributed by atoms with Gasteiger partial charge in [-0.3, -0.25) is 9.59 Å². The highest BCUT2D eigenvalue weighted by molar-refractivity contribution is 6.38. The van der Waals surface area contributed by atoms with Crippen molar-refractivity contribution in [2.75, 3.05) is 16.9 Å². The second-order valence-electron chi connectivity index (χ2n) is 9.56. The van der Waals surface area contributed by atoms with Crippen molar-refractivity contribution >= 4 is 75.6 Å². The lowest BCUT2D eigenvalue weighted by Gasteiger charge is -2.30. The Balaban J connectivity index is 1.82. The fraction of sp³-hybridized carbons (Fsp3) is 0.231. The molecule has 3 aromatic rings. The Labute approximate surface area is 227 Å². The number of amides is 3. The van der Waals surface area contributed by atoms with E-state index < -0.39 is 23.6 Å². The number of aromatic carboxylic acids is 1. The van der Waals surface area contributed by atoms with Crippen molar-refractivity contribution in [2.45, 2.75) is 33.3 Å². The number of carbonyl (C=O) groups is 4. The minimum absolute atomic E-state index is 0.109. The molecule has 0 spiro atoms. The van der Waals surface area contributed by atoms with E-state index in [1.165, 1.54) is 35.9 Å².